The van der Waals surface area contributed by atoms with Crippen molar-refractivity contribution in [1.29, 1.82) is 0 Å². The van der Waals surface area contributed by atoms with Crippen molar-refractivity contribution < 1.29 is 0 Å². The van der Waals surface area contributed by atoms with E-state index in [4.69, 9.17) is 11.5 Å². The quantitative estimate of drug-likeness (QED) is 0.625. The Kier molecular flexibility index (Phi) is 3.99. The van der Waals surface area contributed by atoms with Crippen LogP contribution in [0, 0.1) is 6.92 Å². The number of aryl methyl sites for hydroxylation is 2. The highest BCUT2D eigenvalue weighted by Crippen LogP contribution is 2.22. The molecule has 0 amide bonds. The number of hydrogen-bond donors (Lipinski definition) is 2. The minimum atomic E-state index is 0.746. The molecule has 0 radical (unpaired) electrons. The molecule has 0 aliphatic rings. The van der Waals surface area contributed by atoms with Gasteiger partial charge in [-0.2, -0.15) is 0 Å². The van der Waals surface area contributed by atoms with Crippen LogP contribution >= 0.6 is 0 Å². The van der Waals surface area contributed by atoms with Crippen LogP contribution in [0.15, 0.2) is 30.7 Å². The third-order valence-electron chi connectivity index (χ3n) is 3.08. The van der Waals surface area contributed by atoms with Crippen LogP contribution in [0.1, 0.15) is 18.4 Å². The van der Waals surface area contributed by atoms with Gasteiger partial charge in [-0.05, 0) is 37.9 Å². The molecular weight excluding hydrogens is 224 g/mol. The number of aromatic nitrogens is 2. The molecule has 96 valence electrons. The van der Waals surface area contributed by atoms with Crippen LogP contribution in [0.5, 0.6) is 0 Å². The minimum Gasteiger partial charge on any atom is -0.398 e. The largest absolute Gasteiger partial charge is 0.398 e. The van der Waals surface area contributed by atoms with Gasteiger partial charge in [0, 0.05) is 24.0 Å². The second-order valence-electron chi connectivity index (χ2n) is 4.56. The van der Waals surface area contributed by atoms with E-state index in [1.165, 1.54) is 0 Å². The predicted octanol–water partition coefficient (Wildman–Crippen LogP) is 2.18. The van der Waals surface area contributed by atoms with Crippen LogP contribution in [0.3, 0.4) is 0 Å². The number of rotatable bonds is 5. The molecule has 4 heteroatoms. The molecule has 0 atom stereocenters. The molecule has 0 aliphatic carbocycles. The summed E-state index contributed by atoms with van der Waals surface area (Å²) in [7, 11) is 0. The number of imidazole rings is 1. The lowest BCUT2D eigenvalue weighted by Gasteiger charge is -2.02. The third-order valence-corrected chi connectivity index (χ3v) is 3.08. The smallest absolute Gasteiger partial charge is 0.0953 e. The summed E-state index contributed by atoms with van der Waals surface area (Å²) in [5.41, 5.74) is 15.3. The zero-order valence-corrected chi connectivity index (χ0v) is 10.8. The topological polar surface area (TPSA) is 69.9 Å². The van der Waals surface area contributed by atoms with Gasteiger partial charge < -0.3 is 16.0 Å². The van der Waals surface area contributed by atoms with Crippen molar-refractivity contribution in [3.05, 3.63) is 36.3 Å². The highest BCUT2D eigenvalue weighted by atomic mass is 15.0. The molecule has 4 N–H and O–H groups in total. The Morgan fingerprint density at radius 1 is 1.28 bits per heavy atom. The number of unbranched alkanes of at least 4 members (excludes halogenated alkanes) is 1. The molecule has 18 heavy (non-hydrogen) atoms. The molecule has 0 fully saturated rings. The fourth-order valence-corrected chi connectivity index (χ4v) is 1.87. The fourth-order valence-electron chi connectivity index (χ4n) is 1.87. The first-order valence-corrected chi connectivity index (χ1v) is 6.29. The van der Waals surface area contributed by atoms with Gasteiger partial charge in [0.05, 0.1) is 12.0 Å². The summed E-state index contributed by atoms with van der Waals surface area (Å²) in [5, 5.41) is 0. The molecule has 0 aliphatic heterocycles. The van der Waals surface area contributed by atoms with Crippen molar-refractivity contribution in [2.45, 2.75) is 26.3 Å². The molecule has 1 aromatic carbocycles. The Morgan fingerprint density at radius 2 is 2.11 bits per heavy atom. The number of anilines is 1. The lowest BCUT2D eigenvalue weighted by molar-refractivity contribution is 0.614. The van der Waals surface area contributed by atoms with Crippen LogP contribution in [0.4, 0.5) is 5.69 Å². The number of hydrogen-bond acceptors (Lipinski definition) is 3. The second-order valence-corrected chi connectivity index (χ2v) is 4.56. The standard InChI is InChI=1S/C14H20N4/c1-11-4-5-12(8-13(11)16)14-9-18(10-17-14)7-3-2-6-15/h4-5,8-10H,2-3,6-7,15-16H2,1H3. The molecule has 2 rings (SSSR count). The lowest BCUT2D eigenvalue weighted by Crippen LogP contribution is -2.01. The van der Waals surface area contributed by atoms with E-state index in [2.05, 4.69) is 21.8 Å². The number of nitrogens with zero attached hydrogens (tertiary/aromatic N) is 2. The van der Waals surface area contributed by atoms with Gasteiger partial charge in [-0.25, -0.2) is 4.98 Å². The van der Waals surface area contributed by atoms with Crippen LogP contribution in [0.25, 0.3) is 11.3 Å². The van der Waals surface area contributed by atoms with E-state index in [-0.39, 0.29) is 0 Å². The molecule has 0 saturated heterocycles. The first kappa shape index (κ1) is 12.6. The van der Waals surface area contributed by atoms with Crippen molar-refractivity contribution in [2.75, 3.05) is 12.3 Å². The Labute approximate surface area is 108 Å². The maximum Gasteiger partial charge on any atom is 0.0953 e. The van der Waals surface area contributed by atoms with Crippen LogP contribution in [0.2, 0.25) is 0 Å². The zero-order valence-electron chi connectivity index (χ0n) is 10.8. The van der Waals surface area contributed by atoms with Gasteiger partial charge in [-0.3, -0.25) is 0 Å². The first-order chi connectivity index (χ1) is 8.70. The molecule has 0 bridgehead atoms. The zero-order chi connectivity index (χ0) is 13.0. The maximum absolute atomic E-state index is 5.91. The predicted molar refractivity (Wildman–Crippen MR) is 75.1 cm³/mol. The van der Waals surface area contributed by atoms with Crippen LogP contribution in [-0.2, 0) is 6.54 Å². The monoisotopic (exact) mass is 244 g/mol. The third kappa shape index (κ3) is 2.90. The molecule has 0 spiro atoms. The van der Waals surface area contributed by atoms with Gasteiger partial charge in [0.25, 0.3) is 0 Å². The first-order valence-electron chi connectivity index (χ1n) is 6.29. The number of benzene rings is 1. The van der Waals surface area contributed by atoms with Gasteiger partial charge in [-0.15, -0.1) is 0 Å². The van der Waals surface area contributed by atoms with E-state index in [9.17, 15) is 0 Å². The van der Waals surface area contributed by atoms with E-state index in [0.717, 1.165) is 48.4 Å². The highest BCUT2D eigenvalue weighted by molar-refractivity contribution is 5.65. The van der Waals surface area contributed by atoms with Crippen molar-refractivity contribution in [1.82, 2.24) is 9.55 Å². The minimum absolute atomic E-state index is 0.746. The molecule has 0 saturated carbocycles. The number of nitrogen functional groups attached to an aromatic ring is 1. The van der Waals surface area contributed by atoms with Crippen LogP contribution < -0.4 is 11.5 Å². The van der Waals surface area contributed by atoms with E-state index in [1.807, 2.05) is 25.4 Å². The Balaban J connectivity index is 2.11. The SMILES string of the molecule is Cc1ccc(-c2cn(CCCCN)cn2)cc1N. The van der Waals surface area contributed by atoms with Crippen LogP contribution in [-0.4, -0.2) is 16.1 Å². The summed E-state index contributed by atoms with van der Waals surface area (Å²) in [6, 6.07) is 6.05. The maximum atomic E-state index is 5.91. The van der Waals surface area contributed by atoms with E-state index >= 15 is 0 Å². The molecular formula is C14H20N4. The average molecular weight is 244 g/mol. The lowest BCUT2D eigenvalue weighted by atomic mass is 10.1. The fraction of sp³-hybridized carbons (Fsp3) is 0.357. The second kappa shape index (κ2) is 5.69. The Morgan fingerprint density at radius 3 is 2.83 bits per heavy atom. The van der Waals surface area contributed by atoms with Crippen molar-refractivity contribution in [3.63, 3.8) is 0 Å². The summed E-state index contributed by atoms with van der Waals surface area (Å²) >= 11 is 0. The molecule has 2 aromatic rings. The number of nitrogens with two attached hydrogens (primary N) is 2. The van der Waals surface area contributed by atoms with Gasteiger partial charge in [0.1, 0.15) is 0 Å². The summed E-state index contributed by atoms with van der Waals surface area (Å²) in [5.74, 6) is 0. The molecule has 4 nitrogen and oxygen atoms in total. The van der Waals surface area contributed by atoms with Gasteiger partial charge in [-0.1, -0.05) is 12.1 Å². The Bertz CT molecular complexity index is 516. The highest BCUT2D eigenvalue weighted by Gasteiger charge is 2.03. The summed E-state index contributed by atoms with van der Waals surface area (Å²) in [6.45, 7) is 3.71. The molecule has 0 unspecified atom stereocenters. The Hall–Kier alpha value is -1.81. The van der Waals surface area contributed by atoms with Gasteiger partial charge in [0.15, 0.2) is 0 Å². The van der Waals surface area contributed by atoms with E-state index in [0.29, 0.717) is 0 Å². The van der Waals surface area contributed by atoms with Crippen molar-refractivity contribution in [3.8, 4) is 11.3 Å². The average Bonchev–Trinajstić information content (AvgIpc) is 2.82. The van der Waals surface area contributed by atoms with E-state index in [1.54, 1.807) is 0 Å². The van der Waals surface area contributed by atoms with Gasteiger partial charge in [0.2, 0.25) is 0 Å². The summed E-state index contributed by atoms with van der Waals surface area (Å²) in [4.78, 5) is 4.41. The normalized spacial score (nSPS) is 10.8. The van der Waals surface area contributed by atoms with Gasteiger partial charge >= 0.3 is 0 Å². The van der Waals surface area contributed by atoms with Crippen molar-refractivity contribution in [2.24, 2.45) is 5.73 Å². The summed E-state index contributed by atoms with van der Waals surface area (Å²) in [6.07, 6.45) is 6.05. The summed E-state index contributed by atoms with van der Waals surface area (Å²) < 4.78 is 2.10. The van der Waals surface area contributed by atoms with Crippen molar-refractivity contribution >= 4 is 5.69 Å². The molecule has 1 heterocycles. The van der Waals surface area contributed by atoms with E-state index < -0.39 is 0 Å². The molecule has 1 aromatic heterocycles.